The molecule has 1 aliphatic carbocycles. The first-order valence-electron chi connectivity index (χ1n) is 7.62. The normalized spacial score (nSPS) is 17.0. The van der Waals surface area contributed by atoms with Gasteiger partial charge in [0.15, 0.2) is 0 Å². The fraction of sp³-hybridized carbons (Fsp3) is 0.733. The summed E-state index contributed by atoms with van der Waals surface area (Å²) in [5.41, 5.74) is 2.91. The maximum atomic E-state index is 5.53. The predicted molar refractivity (Wildman–Crippen MR) is 87.5 cm³/mol. The van der Waals surface area contributed by atoms with E-state index in [1.54, 1.807) is 0 Å². The summed E-state index contributed by atoms with van der Waals surface area (Å²) in [6.45, 7) is 5.15. The zero-order chi connectivity index (χ0) is 15.6. The highest BCUT2D eigenvalue weighted by atomic mass is 15.3. The van der Waals surface area contributed by atoms with Gasteiger partial charge in [-0.25, -0.2) is 15.8 Å². The van der Waals surface area contributed by atoms with E-state index in [0.29, 0.717) is 5.82 Å². The van der Waals surface area contributed by atoms with Gasteiger partial charge in [-0.2, -0.15) is 0 Å². The van der Waals surface area contributed by atoms with Crippen LogP contribution in [0.15, 0.2) is 6.07 Å². The van der Waals surface area contributed by atoms with Crippen molar-refractivity contribution < 1.29 is 0 Å². The molecule has 0 aliphatic heterocycles. The van der Waals surface area contributed by atoms with Crippen LogP contribution in [0.3, 0.4) is 0 Å². The SMILES string of the molecule is CC(C)c1nc(NN)cc(N(C)CC2(N(C)C)CCC2)n1. The number of rotatable bonds is 6. The van der Waals surface area contributed by atoms with Gasteiger partial charge in [0.1, 0.15) is 17.5 Å². The van der Waals surface area contributed by atoms with Gasteiger partial charge in [-0.3, -0.25) is 0 Å². The van der Waals surface area contributed by atoms with Crippen molar-refractivity contribution >= 4 is 11.6 Å². The first kappa shape index (κ1) is 16.0. The first-order valence-corrected chi connectivity index (χ1v) is 7.62. The van der Waals surface area contributed by atoms with Gasteiger partial charge in [0, 0.05) is 31.1 Å². The van der Waals surface area contributed by atoms with Gasteiger partial charge in [0.05, 0.1) is 0 Å². The zero-order valence-electron chi connectivity index (χ0n) is 13.8. The third-order valence-corrected chi connectivity index (χ3v) is 4.55. The predicted octanol–water partition coefficient (Wildman–Crippen LogP) is 1.81. The second-order valence-electron chi connectivity index (χ2n) is 6.60. The van der Waals surface area contributed by atoms with Gasteiger partial charge in [-0.1, -0.05) is 13.8 Å². The van der Waals surface area contributed by atoms with Gasteiger partial charge >= 0.3 is 0 Å². The van der Waals surface area contributed by atoms with E-state index in [9.17, 15) is 0 Å². The monoisotopic (exact) mass is 292 g/mol. The number of hydrogen-bond donors (Lipinski definition) is 2. The zero-order valence-corrected chi connectivity index (χ0v) is 13.8. The molecule has 6 heteroatoms. The van der Waals surface area contributed by atoms with E-state index in [1.165, 1.54) is 19.3 Å². The number of nitrogens with zero attached hydrogens (tertiary/aromatic N) is 4. The minimum atomic E-state index is 0.272. The topological polar surface area (TPSA) is 70.3 Å². The Kier molecular flexibility index (Phi) is 4.68. The number of nitrogens with one attached hydrogen (secondary N) is 1. The number of hydrogen-bond acceptors (Lipinski definition) is 6. The van der Waals surface area contributed by atoms with Crippen molar-refractivity contribution in [3.05, 3.63) is 11.9 Å². The van der Waals surface area contributed by atoms with E-state index in [1.807, 2.05) is 6.07 Å². The average Bonchev–Trinajstić information content (AvgIpc) is 2.41. The molecule has 1 saturated carbocycles. The lowest BCUT2D eigenvalue weighted by Gasteiger charge is -2.49. The summed E-state index contributed by atoms with van der Waals surface area (Å²) in [6.07, 6.45) is 3.80. The molecule has 0 spiro atoms. The molecule has 1 aromatic rings. The maximum Gasteiger partial charge on any atom is 0.145 e. The van der Waals surface area contributed by atoms with E-state index >= 15 is 0 Å². The van der Waals surface area contributed by atoms with Crippen LogP contribution < -0.4 is 16.2 Å². The molecule has 6 nitrogen and oxygen atoms in total. The van der Waals surface area contributed by atoms with E-state index in [-0.39, 0.29) is 11.5 Å². The quantitative estimate of drug-likeness (QED) is 0.615. The van der Waals surface area contributed by atoms with Crippen molar-refractivity contribution in [2.24, 2.45) is 5.84 Å². The van der Waals surface area contributed by atoms with E-state index in [0.717, 1.165) is 18.2 Å². The van der Waals surface area contributed by atoms with Crippen LogP contribution in [0.2, 0.25) is 0 Å². The fourth-order valence-corrected chi connectivity index (χ4v) is 2.83. The third kappa shape index (κ3) is 3.27. The standard InChI is InChI=1S/C15H28N6/c1-11(2)14-17-12(19-16)9-13(18-14)21(5)10-15(20(3)4)7-6-8-15/h9,11H,6-8,10,16H2,1-5H3,(H,17,18,19). The van der Waals surface area contributed by atoms with Gasteiger partial charge < -0.3 is 15.2 Å². The Bertz CT molecular complexity index is 481. The second kappa shape index (κ2) is 6.15. The number of likely N-dealkylation sites (N-methyl/N-ethyl adjacent to an activating group) is 2. The third-order valence-electron chi connectivity index (χ3n) is 4.55. The van der Waals surface area contributed by atoms with Crippen LogP contribution >= 0.6 is 0 Å². The summed E-state index contributed by atoms with van der Waals surface area (Å²) < 4.78 is 0. The highest BCUT2D eigenvalue weighted by Gasteiger charge is 2.40. The van der Waals surface area contributed by atoms with Crippen LogP contribution in [0.1, 0.15) is 44.9 Å². The van der Waals surface area contributed by atoms with Crippen molar-refractivity contribution in [3.8, 4) is 0 Å². The van der Waals surface area contributed by atoms with Crippen LogP contribution in [0.4, 0.5) is 11.6 Å². The van der Waals surface area contributed by atoms with Crippen LogP contribution in [0, 0.1) is 0 Å². The molecule has 1 aromatic heterocycles. The molecule has 0 radical (unpaired) electrons. The highest BCUT2D eigenvalue weighted by Crippen LogP contribution is 2.37. The largest absolute Gasteiger partial charge is 0.358 e. The van der Waals surface area contributed by atoms with E-state index in [2.05, 4.69) is 60.2 Å². The molecule has 3 N–H and O–H groups in total. The van der Waals surface area contributed by atoms with Crippen molar-refractivity contribution in [2.45, 2.75) is 44.6 Å². The van der Waals surface area contributed by atoms with Gasteiger partial charge in [-0.05, 0) is 33.4 Å². The first-order chi connectivity index (χ1) is 9.88. The Morgan fingerprint density at radius 1 is 1.29 bits per heavy atom. The van der Waals surface area contributed by atoms with Gasteiger partial charge in [-0.15, -0.1) is 0 Å². The fourth-order valence-electron chi connectivity index (χ4n) is 2.83. The number of nitrogens with two attached hydrogens (primary N) is 1. The van der Waals surface area contributed by atoms with Crippen LogP contribution in [0.25, 0.3) is 0 Å². The summed E-state index contributed by atoms with van der Waals surface area (Å²) in [4.78, 5) is 13.7. The maximum absolute atomic E-state index is 5.53. The molecular formula is C15H28N6. The molecule has 2 rings (SSSR count). The van der Waals surface area contributed by atoms with Gasteiger partial charge in [0.2, 0.25) is 0 Å². The van der Waals surface area contributed by atoms with Gasteiger partial charge in [0.25, 0.3) is 0 Å². The lowest BCUT2D eigenvalue weighted by atomic mass is 9.75. The summed E-state index contributed by atoms with van der Waals surface area (Å²) in [5.74, 6) is 8.22. The molecule has 1 aliphatic rings. The lowest BCUT2D eigenvalue weighted by Crippen LogP contribution is -2.56. The Morgan fingerprint density at radius 3 is 2.38 bits per heavy atom. The van der Waals surface area contributed by atoms with Crippen molar-refractivity contribution in [1.29, 1.82) is 0 Å². The molecule has 0 aromatic carbocycles. The number of nitrogen functional groups attached to an aromatic ring is 1. The number of hydrazine groups is 1. The smallest absolute Gasteiger partial charge is 0.145 e. The van der Waals surface area contributed by atoms with Crippen LogP contribution in [-0.2, 0) is 0 Å². The van der Waals surface area contributed by atoms with Crippen molar-refractivity contribution in [2.75, 3.05) is 38.0 Å². The molecule has 0 atom stereocenters. The van der Waals surface area contributed by atoms with Crippen molar-refractivity contribution in [1.82, 2.24) is 14.9 Å². The van der Waals surface area contributed by atoms with Crippen molar-refractivity contribution in [3.63, 3.8) is 0 Å². The van der Waals surface area contributed by atoms with E-state index < -0.39 is 0 Å². The van der Waals surface area contributed by atoms with Crippen LogP contribution in [0.5, 0.6) is 0 Å². The molecule has 118 valence electrons. The number of anilines is 2. The molecule has 1 heterocycles. The second-order valence-corrected chi connectivity index (χ2v) is 6.60. The molecule has 21 heavy (non-hydrogen) atoms. The summed E-state index contributed by atoms with van der Waals surface area (Å²) in [7, 11) is 6.43. The Balaban J connectivity index is 2.22. The Labute approximate surface area is 127 Å². The van der Waals surface area contributed by atoms with Crippen LogP contribution in [-0.4, -0.2) is 48.1 Å². The molecular weight excluding hydrogens is 264 g/mol. The summed E-state index contributed by atoms with van der Waals surface area (Å²) >= 11 is 0. The molecule has 0 unspecified atom stereocenters. The molecule has 1 fully saturated rings. The number of aromatic nitrogens is 2. The Morgan fingerprint density at radius 2 is 1.95 bits per heavy atom. The summed E-state index contributed by atoms with van der Waals surface area (Å²) in [6, 6.07) is 1.91. The minimum absolute atomic E-state index is 0.272. The Hall–Kier alpha value is -1.40. The van der Waals surface area contributed by atoms with E-state index in [4.69, 9.17) is 5.84 Å². The lowest BCUT2D eigenvalue weighted by molar-refractivity contribution is 0.0681. The molecule has 0 amide bonds. The molecule has 0 saturated heterocycles. The average molecular weight is 292 g/mol. The highest BCUT2D eigenvalue weighted by molar-refractivity contribution is 5.49. The minimum Gasteiger partial charge on any atom is -0.358 e. The summed E-state index contributed by atoms with van der Waals surface area (Å²) in [5, 5.41) is 0. The molecule has 0 bridgehead atoms.